The van der Waals surface area contributed by atoms with Gasteiger partial charge in [0.05, 0.1) is 8.95 Å². The van der Waals surface area contributed by atoms with Crippen molar-refractivity contribution < 1.29 is 19.1 Å². The Hall–Kier alpha value is -1.48. The van der Waals surface area contributed by atoms with Crippen LogP contribution in [-0.2, 0) is 9.59 Å². The van der Waals surface area contributed by atoms with Crippen molar-refractivity contribution in [3.05, 3.63) is 55.4 Å². The molecule has 0 bridgehead atoms. The molecule has 0 spiro atoms. The van der Waals surface area contributed by atoms with Crippen molar-refractivity contribution in [2.45, 2.75) is 6.42 Å². The fraction of sp³-hybridized carbons (Fsp3) is 0.333. The Balaban J connectivity index is 1.47. The lowest BCUT2D eigenvalue weighted by molar-refractivity contribution is -0.135. The van der Waals surface area contributed by atoms with Gasteiger partial charge in [0.25, 0.3) is 11.8 Å². The number of halogens is 4. The molecular weight excluding hydrogens is 575 g/mol. The normalized spacial score (nSPS) is 14.2. The zero-order chi connectivity index (χ0) is 22.4. The molecule has 3 rings (SSSR count). The van der Waals surface area contributed by atoms with Crippen LogP contribution in [0.15, 0.2) is 45.3 Å². The van der Waals surface area contributed by atoms with Crippen LogP contribution in [0.25, 0.3) is 0 Å². The lowest BCUT2D eigenvalue weighted by Crippen LogP contribution is -2.40. The van der Waals surface area contributed by atoms with Crippen molar-refractivity contribution in [2.75, 3.05) is 39.4 Å². The van der Waals surface area contributed by atoms with Gasteiger partial charge >= 0.3 is 0 Å². The van der Waals surface area contributed by atoms with Crippen LogP contribution in [0, 0.1) is 0 Å². The number of rotatable bonds is 6. The summed E-state index contributed by atoms with van der Waals surface area (Å²) in [6.07, 6.45) is 0.687. The molecule has 10 heteroatoms. The van der Waals surface area contributed by atoms with Gasteiger partial charge in [0.2, 0.25) is 0 Å². The highest BCUT2D eigenvalue weighted by molar-refractivity contribution is 9.10. The molecule has 166 valence electrons. The van der Waals surface area contributed by atoms with Crippen molar-refractivity contribution in [3.8, 4) is 11.5 Å². The first-order valence-electron chi connectivity index (χ1n) is 9.55. The number of ether oxygens (including phenoxy) is 2. The van der Waals surface area contributed by atoms with E-state index in [1.165, 1.54) is 0 Å². The van der Waals surface area contributed by atoms with Crippen LogP contribution >= 0.6 is 55.1 Å². The quantitative estimate of drug-likeness (QED) is 0.470. The third-order valence-electron chi connectivity index (χ3n) is 4.69. The van der Waals surface area contributed by atoms with Gasteiger partial charge in [-0.3, -0.25) is 9.59 Å². The SMILES string of the molecule is O=C(COc1ccc(Cl)cc1Br)N1CCCN(C(=O)COc2ccc(Cl)cc2Br)CC1. The average Bonchev–Trinajstić information content (AvgIpc) is 2.98. The van der Waals surface area contributed by atoms with Crippen molar-refractivity contribution in [1.82, 2.24) is 9.80 Å². The van der Waals surface area contributed by atoms with Gasteiger partial charge in [-0.15, -0.1) is 0 Å². The van der Waals surface area contributed by atoms with Gasteiger partial charge in [-0.2, -0.15) is 0 Å². The molecule has 1 aliphatic rings. The second-order valence-electron chi connectivity index (χ2n) is 6.84. The summed E-state index contributed by atoms with van der Waals surface area (Å²) in [5.41, 5.74) is 0. The molecule has 2 amide bonds. The van der Waals surface area contributed by atoms with Crippen LogP contribution in [0.4, 0.5) is 0 Å². The summed E-state index contributed by atoms with van der Waals surface area (Å²) in [5, 5.41) is 1.16. The molecule has 0 aliphatic carbocycles. The van der Waals surface area contributed by atoms with Crippen LogP contribution in [0.3, 0.4) is 0 Å². The number of benzene rings is 2. The van der Waals surface area contributed by atoms with E-state index in [9.17, 15) is 9.59 Å². The molecule has 0 saturated carbocycles. The van der Waals surface area contributed by atoms with E-state index in [0.717, 1.165) is 0 Å². The predicted octanol–water partition coefficient (Wildman–Crippen LogP) is 5.04. The minimum absolute atomic E-state index is 0.0815. The Labute approximate surface area is 207 Å². The number of carbonyl (C=O) groups is 2. The van der Waals surface area contributed by atoms with Crippen LogP contribution in [0.1, 0.15) is 6.42 Å². The van der Waals surface area contributed by atoms with Gasteiger partial charge in [0.15, 0.2) is 13.2 Å². The highest BCUT2D eigenvalue weighted by Gasteiger charge is 2.23. The summed E-state index contributed by atoms with van der Waals surface area (Å²) in [5.74, 6) is 0.847. The van der Waals surface area contributed by atoms with Gasteiger partial charge in [-0.1, -0.05) is 23.2 Å². The van der Waals surface area contributed by atoms with Gasteiger partial charge in [0, 0.05) is 36.2 Å². The Morgan fingerprint density at radius 2 is 1.19 bits per heavy atom. The largest absolute Gasteiger partial charge is 0.483 e. The first-order valence-corrected chi connectivity index (χ1v) is 11.9. The maximum Gasteiger partial charge on any atom is 0.260 e. The molecule has 31 heavy (non-hydrogen) atoms. The molecule has 1 heterocycles. The maximum atomic E-state index is 12.6. The zero-order valence-electron chi connectivity index (χ0n) is 16.5. The van der Waals surface area contributed by atoms with Crippen LogP contribution in [-0.4, -0.2) is 61.0 Å². The Morgan fingerprint density at radius 1 is 0.774 bits per heavy atom. The first kappa shape index (κ1) is 24.2. The Kier molecular flexibility index (Phi) is 8.89. The van der Waals surface area contributed by atoms with E-state index in [2.05, 4.69) is 31.9 Å². The van der Waals surface area contributed by atoms with Crippen molar-refractivity contribution in [2.24, 2.45) is 0 Å². The lowest BCUT2D eigenvalue weighted by Gasteiger charge is -2.22. The van der Waals surface area contributed by atoms with Gasteiger partial charge in [0.1, 0.15) is 11.5 Å². The van der Waals surface area contributed by atoms with Crippen LogP contribution in [0.2, 0.25) is 10.0 Å². The van der Waals surface area contributed by atoms with Crippen molar-refractivity contribution in [3.63, 3.8) is 0 Å². The third kappa shape index (κ3) is 7.00. The first-order chi connectivity index (χ1) is 14.8. The van der Waals surface area contributed by atoms with E-state index in [-0.39, 0.29) is 25.0 Å². The minimum atomic E-state index is -0.127. The standard InChI is InChI=1S/C21H20Br2Cl2N2O4/c22-16-10-14(24)2-4-18(16)30-12-20(28)26-6-1-7-27(9-8-26)21(29)13-31-19-5-3-15(25)11-17(19)23/h2-5,10-11H,1,6-9,12-13H2. The molecule has 0 N–H and O–H groups in total. The van der Waals surface area contributed by atoms with E-state index in [1.54, 1.807) is 46.2 Å². The Morgan fingerprint density at radius 3 is 1.58 bits per heavy atom. The number of hydrogen-bond donors (Lipinski definition) is 0. The van der Waals surface area contributed by atoms with Gasteiger partial charge in [-0.05, 0) is 74.7 Å². The average molecular weight is 595 g/mol. The van der Waals surface area contributed by atoms with E-state index < -0.39 is 0 Å². The third-order valence-corrected chi connectivity index (χ3v) is 6.40. The number of amides is 2. The van der Waals surface area contributed by atoms with E-state index in [4.69, 9.17) is 32.7 Å². The summed E-state index contributed by atoms with van der Waals surface area (Å²) in [6, 6.07) is 10.2. The molecular formula is C21H20Br2Cl2N2O4. The molecule has 2 aromatic carbocycles. The zero-order valence-corrected chi connectivity index (χ0v) is 21.1. The molecule has 0 atom stereocenters. The van der Waals surface area contributed by atoms with Crippen molar-refractivity contribution >= 4 is 66.9 Å². The monoisotopic (exact) mass is 592 g/mol. The molecule has 1 saturated heterocycles. The molecule has 1 aliphatic heterocycles. The molecule has 2 aromatic rings. The van der Waals surface area contributed by atoms with E-state index in [1.807, 2.05) is 0 Å². The molecule has 1 fully saturated rings. The molecule has 0 radical (unpaired) electrons. The second kappa shape index (κ2) is 11.4. The van der Waals surface area contributed by atoms with Gasteiger partial charge < -0.3 is 19.3 Å². The smallest absolute Gasteiger partial charge is 0.260 e. The second-order valence-corrected chi connectivity index (χ2v) is 9.42. The molecule has 0 unspecified atom stereocenters. The molecule has 6 nitrogen and oxygen atoms in total. The highest BCUT2D eigenvalue weighted by Crippen LogP contribution is 2.29. The lowest BCUT2D eigenvalue weighted by atomic mass is 10.3. The summed E-state index contributed by atoms with van der Waals surface area (Å²) in [4.78, 5) is 28.6. The predicted molar refractivity (Wildman–Crippen MR) is 127 cm³/mol. The molecule has 0 aromatic heterocycles. The van der Waals surface area contributed by atoms with Crippen molar-refractivity contribution in [1.29, 1.82) is 0 Å². The fourth-order valence-electron chi connectivity index (χ4n) is 3.06. The fourth-order valence-corrected chi connectivity index (χ4v) is 4.66. The highest BCUT2D eigenvalue weighted by atomic mass is 79.9. The van der Waals surface area contributed by atoms with E-state index in [0.29, 0.717) is 63.1 Å². The number of nitrogens with zero attached hydrogens (tertiary/aromatic N) is 2. The summed E-state index contributed by atoms with van der Waals surface area (Å²) >= 11 is 18.6. The maximum absolute atomic E-state index is 12.6. The summed E-state index contributed by atoms with van der Waals surface area (Å²) in [7, 11) is 0. The minimum Gasteiger partial charge on any atom is -0.483 e. The number of hydrogen-bond acceptors (Lipinski definition) is 4. The van der Waals surface area contributed by atoms with E-state index >= 15 is 0 Å². The summed E-state index contributed by atoms with van der Waals surface area (Å²) < 4.78 is 12.6. The van der Waals surface area contributed by atoms with Crippen LogP contribution in [0.5, 0.6) is 11.5 Å². The van der Waals surface area contributed by atoms with Gasteiger partial charge in [-0.25, -0.2) is 0 Å². The van der Waals surface area contributed by atoms with Crippen LogP contribution < -0.4 is 9.47 Å². The number of carbonyl (C=O) groups excluding carboxylic acids is 2. The summed E-state index contributed by atoms with van der Waals surface area (Å²) in [6.45, 7) is 1.86. The Bertz CT molecular complexity index is 885. The topological polar surface area (TPSA) is 59.1 Å².